The molecule has 1 aliphatic carbocycles. The lowest BCUT2D eigenvalue weighted by atomic mass is 9.95. The van der Waals surface area contributed by atoms with Crippen LogP contribution in [0.15, 0.2) is 4.79 Å². The summed E-state index contributed by atoms with van der Waals surface area (Å²) >= 11 is 0. The van der Waals surface area contributed by atoms with Gasteiger partial charge in [0.1, 0.15) is 11.5 Å². The molecule has 0 bridgehead atoms. The van der Waals surface area contributed by atoms with E-state index in [-0.39, 0.29) is 23.4 Å². The van der Waals surface area contributed by atoms with E-state index in [1.54, 1.807) is 4.90 Å². The van der Waals surface area contributed by atoms with Crippen LogP contribution in [-0.4, -0.2) is 54.5 Å². The van der Waals surface area contributed by atoms with Gasteiger partial charge < -0.3 is 14.8 Å². The van der Waals surface area contributed by atoms with Crippen LogP contribution in [-0.2, 0) is 37.1 Å². The van der Waals surface area contributed by atoms with Gasteiger partial charge in [-0.2, -0.15) is 5.10 Å². The second kappa shape index (κ2) is 8.18. The molecule has 0 saturated carbocycles. The molecule has 0 spiro atoms. The molecule has 1 atom stereocenters. The number of rotatable bonds is 3. The maximum atomic E-state index is 13.8. The normalized spacial score (nSPS) is 20.2. The number of aryl methyl sites for hydroxylation is 2. The summed E-state index contributed by atoms with van der Waals surface area (Å²) in [7, 11) is 0. The first kappa shape index (κ1) is 20.9. The molecule has 9 nitrogen and oxygen atoms in total. The average molecular weight is 439 g/mol. The molecule has 5 rings (SSSR count). The minimum absolute atomic E-state index is 0.0178. The molecular formula is C23H30N6O3. The largest absolute Gasteiger partial charge is 0.337 e. The van der Waals surface area contributed by atoms with Gasteiger partial charge in [0.2, 0.25) is 5.91 Å². The Morgan fingerprint density at radius 3 is 2.66 bits per heavy atom. The zero-order valence-electron chi connectivity index (χ0n) is 18.8. The summed E-state index contributed by atoms with van der Waals surface area (Å²) < 4.78 is 1.85. The van der Waals surface area contributed by atoms with Gasteiger partial charge in [-0.3, -0.25) is 19.1 Å². The molecule has 3 aliphatic rings. The van der Waals surface area contributed by atoms with Gasteiger partial charge in [0, 0.05) is 37.7 Å². The Balaban J connectivity index is 1.49. The second-order valence-corrected chi connectivity index (χ2v) is 9.02. The average Bonchev–Trinajstić information content (AvgIpc) is 3.43. The molecule has 4 heterocycles. The van der Waals surface area contributed by atoms with E-state index in [1.807, 2.05) is 16.5 Å². The van der Waals surface area contributed by atoms with E-state index >= 15 is 0 Å². The molecule has 2 aromatic heterocycles. The van der Waals surface area contributed by atoms with Crippen LogP contribution in [0.4, 0.5) is 0 Å². The number of amides is 2. The van der Waals surface area contributed by atoms with Crippen molar-refractivity contribution in [3.63, 3.8) is 0 Å². The Kier molecular flexibility index (Phi) is 5.35. The zero-order valence-corrected chi connectivity index (χ0v) is 18.8. The monoisotopic (exact) mass is 438 g/mol. The molecule has 170 valence electrons. The summed E-state index contributed by atoms with van der Waals surface area (Å²) in [5.74, 6) is 0.492. The van der Waals surface area contributed by atoms with Gasteiger partial charge in [-0.25, -0.2) is 4.98 Å². The molecule has 32 heavy (non-hydrogen) atoms. The summed E-state index contributed by atoms with van der Waals surface area (Å²) in [6, 6.07) is -0.271. The molecule has 2 aliphatic heterocycles. The number of likely N-dealkylation sites (tertiary alicyclic amines) is 1. The number of carbonyl (C=O) groups is 2. The fourth-order valence-electron chi connectivity index (χ4n) is 5.39. The van der Waals surface area contributed by atoms with E-state index < -0.39 is 0 Å². The maximum Gasteiger partial charge on any atom is 0.273 e. The van der Waals surface area contributed by atoms with Crippen LogP contribution in [0.2, 0.25) is 0 Å². The van der Waals surface area contributed by atoms with E-state index in [4.69, 9.17) is 10.1 Å². The number of hydrogen-bond acceptors (Lipinski definition) is 5. The van der Waals surface area contributed by atoms with E-state index in [2.05, 4.69) is 4.98 Å². The van der Waals surface area contributed by atoms with Crippen LogP contribution in [0.25, 0.3) is 0 Å². The topological polar surface area (TPSA) is 104 Å². The second-order valence-electron chi connectivity index (χ2n) is 9.02. The number of nitrogens with one attached hydrogen (secondary N) is 1. The highest BCUT2D eigenvalue weighted by atomic mass is 16.2. The zero-order chi connectivity index (χ0) is 22.4. The Bertz CT molecular complexity index is 1130. The van der Waals surface area contributed by atoms with Crippen LogP contribution < -0.4 is 5.56 Å². The van der Waals surface area contributed by atoms with Gasteiger partial charge in [0.15, 0.2) is 0 Å². The molecule has 9 heteroatoms. The van der Waals surface area contributed by atoms with Crippen LogP contribution in [0.3, 0.4) is 0 Å². The van der Waals surface area contributed by atoms with Crippen molar-refractivity contribution in [3.8, 4) is 0 Å². The van der Waals surface area contributed by atoms with Crippen molar-refractivity contribution in [1.82, 2.24) is 29.5 Å². The standard InChI is InChI=1S/C23H30N6O3/c1-3-29-20(15-7-4-5-8-17(15)26-29)23(32)28-11-6-9-19(28)21-24-18-13-27(14(2)30)12-10-16(18)22(31)25-21/h19H,3-13H2,1-2H3,(H,24,25,31)/t19-/m1/s1. The van der Waals surface area contributed by atoms with Crippen molar-refractivity contribution < 1.29 is 9.59 Å². The Hall–Kier alpha value is -2.97. The minimum atomic E-state index is -0.271. The predicted octanol–water partition coefficient (Wildman–Crippen LogP) is 1.75. The highest BCUT2D eigenvalue weighted by Gasteiger charge is 2.37. The van der Waals surface area contributed by atoms with E-state index in [0.717, 1.165) is 49.8 Å². The first-order valence-corrected chi connectivity index (χ1v) is 11.7. The summed E-state index contributed by atoms with van der Waals surface area (Å²) in [4.78, 5) is 49.7. The highest BCUT2D eigenvalue weighted by Crippen LogP contribution is 2.34. The number of nitrogens with zero attached hydrogens (tertiary/aromatic N) is 5. The molecular weight excluding hydrogens is 408 g/mol. The summed E-state index contributed by atoms with van der Waals surface area (Å²) in [6.07, 6.45) is 6.14. The third-order valence-electron chi connectivity index (χ3n) is 7.09. The Morgan fingerprint density at radius 1 is 1.06 bits per heavy atom. The Morgan fingerprint density at radius 2 is 1.88 bits per heavy atom. The lowest BCUT2D eigenvalue weighted by molar-refractivity contribution is -0.129. The third kappa shape index (κ3) is 3.43. The number of fused-ring (bicyclic) bond motifs is 2. The maximum absolute atomic E-state index is 13.8. The third-order valence-corrected chi connectivity index (χ3v) is 7.09. The highest BCUT2D eigenvalue weighted by molar-refractivity contribution is 5.95. The fourth-order valence-corrected chi connectivity index (χ4v) is 5.39. The van der Waals surface area contributed by atoms with Gasteiger partial charge in [0.25, 0.3) is 11.5 Å². The molecule has 0 aromatic carbocycles. The van der Waals surface area contributed by atoms with Crippen molar-refractivity contribution in [2.75, 3.05) is 13.1 Å². The molecule has 0 unspecified atom stereocenters. The molecule has 0 radical (unpaired) electrons. The quantitative estimate of drug-likeness (QED) is 0.786. The van der Waals surface area contributed by atoms with E-state index in [0.29, 0.717) is 55.4 Å². The van der Waals surface area contributed by atoms with Crippen LogP contribution in [0.5, 0.6) is 0 Å². The summed E-state index contributed by atoms with van der Waals surface area (Å²) in [6.45, 7) is 5.72. The minimum Gasteiger partial charge on any atom is -0.337 e. The number of carbonyl (C=O) groups excluding carboxylic acids is 2. The van der Waals surface area contributed by atoms with Crippen molar-refractivity contribution in [3.05, 3.63) is 44.4 Å². The van der Waals surface area contributed by atoms with Crippen molar-refractivity contribution in [1.29, 1.82) is 0 Å². The van der Waals surface area contributed by atoms with Crippen LogP contribution >= 0.6 is 0 Å². The summed E-state index contributed by atoms with van der Waals surface area (Å²) in [5.41, 5.74) is 4.01. The van der Waals surface area contributed by atoms with Crippen molar-refractivity contribution in [2.45, 2.75) is 77.9 Å². The smallest absolute Gasteiger partial charge is 0.273 e. The van der Waals surface area contributed by atoms with Crippen LogP contribution in [0, 0.1) is 0 Å². The lowest BCUT2D eigenvalue weighted by Gasteiger charge is -2.29. The van der Waals surface area contributed by atoms with Crippen molar-refractivity contribution in [2.24, 2.45) is 0 Å². The molecule has 1 N–H and O–H groups in total. The first-order valence-electron chi connectivity index (χ1n) is 11.7. The van der Waals surface area contributed by atoms with Gasteiger partial charge in [-0.15, -0.1) is 0 Å². The SMILES string of the molecule is CCn1nc2c(c1C(=O)N1CCC[C@@H]1c1nc3c(c(=O)[nH]1)CCN(C(C)=O)C3)CCCC2. The number of aromatic amines is 1. The lowest BCUT2D eigenvalue weighted by Crippen LogP contribution is -2.39. The fraction of sp³-hybridized carbons (Fsp3) is 0.609. The number of H-pyrrole nitrogens is 1. The van der Waals surface area contributed by atoms with E-state index in [9.17, 15) is 14.4 Å². The van der Waals surface area contributed by atoms with Gasteiger partial charge in [-0.05, 0) is 51.9 Å². The number of hydrogen-bond donors (Lipinski definition) is 1. The van der Waals surface area contributed by atoms with E-state index in [1.165, 1.54) is 6.92 Å². The predicted molar refractivity (Wildman–Crippen MR) is 117 cm³/mol. The van der Waals surface area contributed by atoms with Gasteiger partial charge in [-0.1, -0.05) is 0 Å². The van der Waals surface area contributed by atoms with Crippen molar-refractivity contribution >= 4 is 11.8 Å². The van der Waals surface area contributed by atoms with Gasteiger partial charge >= 0.3 is 0 Å². The van der Waals surface area contributed by atoms with Crippen LogP contribution in [0.1, 0.15) is 84.4 Å². The molecule has 1 fully saturated rings. The molecule has 2 aromatic rings. The molecule has 2 amide bonds. The Labute approximate surface area is 186 Å². The van der Waals surface area contributed by atoms with Gasteiger partial charge in [0.05, 0.1) is 24.0 Å². The molecule has 1 saturated heterocycles. The first-order chi connectivity index (χ1) is 15.5. The number of aromatic nitrogens is 4. The summed E-state index contributed by atoms with van der Waals surface area (Å²) in [5, 5.41) is 4.71.